The predicted octanol–water partition coefficient (Wildman–Crippen LogP) is -0.582. The van der Waals surface area contributed by atoms with Crippen molar-refractivity contribution in [3.63, 3.8) is 0 Å². The van der Waals surface area contributed by atoms with Crippen LogP contribution in [0.1, 0.15) is 26.7 Å². The Morgan fingerprint density at radius 2 is 1.86 bits per heavy atom. The molecule has 0 saturated heterocycles. The average molecular weight is 337 g/mol. The molecule has 0 aliphatic carbocycles. The Morgan fingerprint density at radius 3 is 2.29 bits per heavy atom. The van der Waals surface area contributed by atoms with Crippen LogP contribution in [0, 0.1) is 0 Å². The molecule has 0 fully saturated rings. The van der Waals surface area contributed by atoms with Gasteiger partial charge in [-0.2, -0.15) is 25.3 Å². The van der Waals surface area contributed by atoms with Crippen molar-refractivity contribution in [2.24, 2.45) is 5.73 Å². The highest BCUT2D eigenvalue weighted by Gasteiger charge is 2.25. The Bertz CT molecular complexity index is 391. The largest absolute Gasteiger partial charge is 0.480 e. The minimum absolute atomic E-state index is 0.00418. The Labute approximate surface area is 135 Å². The topological polar surface area (TPSA) is 122 Å². The van der Waals surface area contributed by atoms with E-state index in [4.69, 9.17) is 10.8 Å². The van der Waals surface area contributed by atoms with E-state index >= 15 is 0 Å². The van der Waals surface area contributed by atoms with E-state index < -0.39 is 29.5 Å². The Hall–Kier alpha value is -0.930. The first-order valence-corrected chi connectivity index (χ1v) is 7.71. The molecular weight excluding hydrogens is 314 g/mol. The lowest BCUT2D eigenvalue weighted by molar-refractivity contribution is -0.139. The summed E-state index contributed by atoms with van der Waals surface area (Å²) in [4.78, 5) is 34.2. The maximum absolute atomic E-state index is 12.0. The van der Waals surface area contributed by atoms with Crippen LogP contribution in [0.3, 0.4) is 0 Å². The molecule has 0 heterocycles. The first kappa shape index (κ1) is 20.1. The van der Waals surface area contributed by atoms with Crippen molar-refractivity contribution in [1.29, 1.82) is 0 Å². The fourth-order valence-electron chi connectivity index (χ4n) is 1.33. The second-order valence-electron chi connectivity index (χ2n) is 5.32. The Morgan fingerprint density at radius 1 is 1.29 bits per heavy atom. The van der Waals surface area contributed by atoms with Crippen LogP contribution >= 0.6 is 25.3 Å². The van der Waals surface area contributed by atoms with Crippen LogP contribution in [-0.4, -0.2) is 52.0 Å². The van der Waals surface area contributed by atoms with Gasteiger partial charge in [-0.15, -0.1) is 0 Å². The zero-order chi connectivity index (χ0) is 16.6. The molecule has 0 bridgehead atoms. The Kier molecular flexibility index (Phi) is 8.76. The van der Waals surface area contributed by atoms with Gasteiger partial charge in [-0.3, -0.25) is 14.4 Å². The van der Waals surface area contributed by atoms with E-state index in [2.05, 4.69) is 35.9 Å². The van der Waals surface area contributed by atoms with E-state index in [9.17, 15) is 14.4 Å². The molecule has 7 nitrogen and oxygen atoms in total. The Balaban J connectivity index is 4.39. The highest BCUT2D eigenvalue weighted by atomic mass is 32.1. The fraction of sp³-hybridized carbons (Fsp3) is 0.750. The third-order valence-electron chi connectivity index (χ3n) is 2.69. The van der Waals surface area contributed by atoms with Crippen LogP contribution in [0.2, 0.25) is 0 Å². The van der Waals surface area contributed by atoms with Crippen molar-refractivity contribution in [3.05, 3.63) is 0 Å². The summed E-state index contributed by atoms with van der Waals surface area (Å²) in [5, 5.41) is 13.9. The van der Waals surface area contributed by atoms with Crippen molar-refractivity contribution in [1.82, 2.24) is 10.6 Å². The fourth-order valence-corrected chi connectivity index (χ4v) is 1.67. The number of hydrogen-bond acceptors (Lipinski definition) is 6. The van der Waals surface area contributed by atoms with Crippen LogP contribution < -0.4 is 16.4 Å². The van der Waals surface area contributed by atoms with Gasteiger partial charge in [0.05, 0.1) is 0 Å². The number of hydrogen-bond donors (Lipinski definition) is 6. The molecule has 0 spiro atoms. The van der Waals surface area contributed by atoms with Crippen LogP contribution in [0.15, 0.2) is 0 Å². The molecule has 122 valence electrons. The van der Waals surface area contributed by atoms with Crippen molar-refractivity contribution in [3.8, 4) is 0 Å². The summed E-state index contributed by atoms with van der Waals surface area (Å²) < 4.78 is 0. The number of carboxylic acids is 1. The van der Waals surface area contributed by atoms with Crippen LogP contribution in [-0.2, 0) is 14.4 Å². The molecule has 0 saturated carbocycles. The molecule has 0 radical (unpaired) electrons. The van der Waals surface area contributed by atoms with E-state index in [0.717, 1.165) is 0 Å². The van der Waals surface area contributed by atoms with Crippen molar-refractivity contribution < 1.29 is 19.5 Å². The maximum atomic E-state index is 12.0. The molecule has 0 aromatic rings. The number of nitrogens with two attached hydrogens (primary N) is 1. The summed E-state index contributed by atoms with van der Waals surface area (Å²) >= 11 is 8.16. The van der Waals surface area contributed by atoms with Gasteiger partial charge >= 0.3 is 5.97 Å². The number of aliphatic carboxylic acids is 1. The smallest absolute Gasteiger partial charge is 0.320 e. The average Bonchev–Trinajstić information content (AvgIpc) is 2.41. The van der Waals surface area contributed by atoms with E-state index in [1.807, 2.05) is 0 Å². The zero-order valence-electron chi connectivity index (χ0n) is 12.1. The summed E-state index contributed by atoms with van der Waals surface area (Å²) in [6.07, 6.45) is -0.0643. The molecule has 2 atom stereocenters. The highest BCUT2D eigenvalue weighted by molar-refractivity contribution is 7.80. The van der Waals surface area contributed by atoms with Gasteiger partial charge in [0.1, 0.15) is 12.1 Å². The normalized spacial score (nSPS) is 14.1. The molecule has 0 aromatic heterocycles. The zero-order valence-corrected chi connectivity index (χ0v) is 13.9. The minimum Gasteiger partial charge on any atom is -0.480 e. The second kappa shape index (κ2) is 9.16. The third kappa shape index (κ3) is 8.18. The van der Waals surface area contributed by atoms with Gasteiger partial charge in [0.15, 0.2) is 0 Å². The standard InChI is InChI=1S/C12H23N3O4S2/c1-12(2,6-21)15-10(17)8(5-20)14-9(16)4-3-7(13)11(18)19/h7-8,20-21H,3-6,13H2,1-2H3,(H,14,16)(H,15,17)(H,18,19). The summed E-state index contributed by atoms with van der Waals surface area (Å²) in [6.45, 7) is 3.61. The van der Waals surface area contributed by atoms with Crippen LogP contribution in [0.4, 0.5) is 0 Å². The molecule has 0 aliphatic rings. The minimum atomic E-state index is -1.16. The molecule has 9 heteroatoms. The molecule has 2 amide bonds. The lowest BCUT2D eigenvalue weighted by atomic mass is 10.1. The van der Waals surface area contributed by atoms with E-state index in [1.54, 1.807) is 13.8 Å². The molecule has 0 aliphatic heterocycles. The first-order valence-electron chi connectivity index (χ1n) is 6.44. The number of carbonyl (C=O) groups excluding carboxylic acids is 2. The SMILES string of the molecule is CC(C)(CS)NC(=O)C(CS)NC(=O)CCC(N)C(=O)O. The summed E-state index contributed by atoms with van der Waals surface area (Å²) in [7, 11) is 0. The van der Waals surface area contributed by atoms with Crippen molar-refractivity contribution in [2.45, 2.75) is 44.3 Å². The molecular formula is C12H23N3O4S2. The van der Waals surface area contributed by atoms with E-state index in [0.29, 0.717) is 5.75 Å². The lowest BCUT2D eigenvalue weighted by Crippen LogP contribution is -2.54. The molecule has 0 aromatic carbocycles. The summed E-state index contributed by atoms with van der Waals surface area (Å²) in [5.74, 6) is -1.39. The van der Waals surface area contributed by atoms with Gasteiger partial charge in [0.2, 0.25) is 11.8 Å². The van der Waals surface area contributed by atoms with Crippen molar-refractivity contribution >= 4 is 43.0 Å². The highest BCUT2D eigenvalue weighted by Crippen LogP contribution is 2.05. The van der Waals surface area contributed by atoms with E-state index in [-0.39, 0.29) is 24.5 Å². The molecule has 21 heavy (non-hydrogen) atoms. The summed E-state index contributed by atoms with van der Waals surface area (Å²) in [5.41, 5.74) is 4.80. The summed E-state index contributed by atoms with van der Waals surface area (Å²) in [6, 6.07) is -1.89. The van der Waals surface area contributed by atoms with Gasteiger partial charge in [-0.1, -0.05) is 0 Å². The molecule has 5 N–H and O–H groups in total. The third-order valence-corrected chi connectivity index (χ3v) is 3.85. The van der Waals surface area contributed by atoms with Gasteiger partial charge in [-0.25, -0.2) is 0 Å². The van der Waals surface area contributed by atoms with Crippen LogP contribution in [0.5, 0.6) is 0 Å². The maximum Gasteiger partial charge on any atom is 0.320 e. The number of thiol groups is 2. The number of rotatable bonds is 9. The van der Waals surface area contributed by atoms with E-state index in [1.165, 1.54) is 0 Å². The quantitative estimate of drug-likeness (QED) is 0.314. The van der Waals surface area contributed by atoms with Gasteiger partial charge in [-0.05, 0) is 20.3 Å². The monoisotopic (exact) mass is 337 g/mol. The second-order valence-corrected chi connectivity index (χ2v) is 6.00. The molecule has 0 rings (SSSR count). The van der Waals surface area contributed by atoms with Gasteiger partial charge in [0, 0.05) is 23.5 Å². The number of nitrogens with one attached hydrogen (secondary N) is 2. The molecule has 2 unspecified atom stereocenters. The predicted molar refractivity (Wildman–Crippen MR) is 86.7 cm³/mol. The van der Waals surface area contributed by atoms with Crippen LogP contribution in [0.25, 0.3) is 0 Å². The number of carboxylic acid groups (broad SMARTS) is 1. The number of amides is 2. The number of carbonyl (C=O) groups is 3. The van der Waals surface area contributed by atoms with Gasteiger partial charge in [0.25, 0.3) is 0 Å². The van der Waals surface area contributed by atoms with Gasteiger partial charge < -0.3 is 21.5 Å². The lowest BCUT2D eigenvalue weighted by Gasteiger charge is -2.27. The van der Waals surface area contributed by atoms with Crippen molar-refractivity contribution in [2.75, 3.05) is 11.5 Å². The first-order chi connectivity index (χ1) is 9.62.